The zero-order valence-electron chi connectivity index (χ0n) is 10.9. The fourth-order valence-electron chi connectivity index (χ4n) is 2.69. The largest absolute Gasteiger partial charge is 0.354 e. The predicted octanol–water partition coefficient (Wildman–Crippen LogP) is 0.0695. The van der Waals surface area contributed by atoms with Gasteiger partial charge in [0.05, 0.1) is 0 Å². The van der Waals surface area contributed by atoms with Crippen molar-refractivity contribution in [2.45, 2.75) is 36.9 Å². The molecule has 2 rings (SSSR count). The zero-order chi connectivity index (χ0) is 13.2. The van der Waals surface area contributed by atoms with Gasteiger partial charge in [-0.15, -0.1) is 0 Å². The summed E-state index contributed by atoms with van der Waals surface area (Å²) in [6.45, 7) is 1.80. The van der Waals surface area contributed by atoms with Crippen LogP contribution in [0.3, 0.4) is 0 Å². The second-order valence-corrected chi connectivity index (χ2v) is 7.85. The Morgan fingerprint density at radius 1 is 1.33 bits per heavy atom. The Bertz CT molecular complexity index is 409. The molecule has 0 aromatic heterocycles. The van der Waals surface area contributed by atoms with Gasteiger partial charge in [0.25, 0.3) is 0 Å². The minimum Gasteiger partial charge on any atom is -0.354 e. The third-order valence-electron chi connectivity index (χ3n) is 4.31. The predicted molar refractivity (Wildman–Crippen MR) is 70.0 cm³/mol. The lowest BCUT2D eigenvalue weighted by atomic mass is 9.85. The van der Waals surface area contributed by atoms with E-state index in [2.05, 4.69) is 10.6 Å². The Balaban J connectivity index is 2.05. The lowest BCUT2D eigenvalue weighted by molar-refractivity contribution is -0.124. The number of sulfone groups is 1. The van der Waals surface area contributed by atoms with E-state index in [1.54, 1.807) is 0 Å². The van der Waals surface area contributed by atoms with E-state index in [-0.39, 0.29) is 5.91 Å². The summed E-state index contributed by atoms with van der Waals surface area (Å²) in [4.78, 5) is 12.3. The molecule has 6 heteroatoms. The second-order valence-electron chi connectivity index (χ2n) is 5.52. The molecule has 1 amide bonds. The Kier molecular flexibility index (Phi) is 3.96. The highest BCUT2D eigenvalue weighted by molar-refractivity contribution is 7.92. The van der Waals surface area contributed by atoms with Crippen molar-refractivity contribution in [1.29, 1.82) is 0 Å². The minimum absolute atomic E-state index is 0.293. The Labute approximate surface area is 109 Å². The van der Waals surface area contributed by atoms with Crippen LogP contribution in [0.4, 0.5) is 0 Å². The van der Waals surface area contributed by atoms with Gasteiger partial charge in [-0.1, -0.05) is 6.42 Å². The molecule has 0 unspecified atom stereocenters. The van der Waals surface area contributed by atoms with Crippen molar-refractivity contribution in [1.82, 2.24) is 10.6 Å². The van der Waals surface area contributed by atoms with Crippen LogP contribution in [0.2, 0.25) is 0 Å². The van der Waals surface area contributed by atoms with Gasteiger partial charge < -0.3 is 10.6 Å². The maximum atomic E-state index is 12.3. The van der Waals surface area contributed by atoms with E-state index in [1.165, 1.54) is 12.7 Å². The summed E-state index contributed by atoms with van der Waals surface area (Å²) in [5.41, 5.74) is 0. The summed E-state index contributed by atoms with van der Waals surface area (Å²) in [5.74, 6) is 0.255. The Morgan fingerprint density at radius 3 is 2.39 bits per heavy atom. The van der Waals surface area contributed by atoms with Crippen molar-refractivity contribution in [3.63, 3.8) is 0 Å². The van der Waals surface area contributed by atoms with E-state index in [4.69, 9.17) is 0 Å². The molecule has 1 aliphatic heterocycles. The van der Waals surface area contributed by atoms with E-state index in [9.17, 15) is 13.2 Å². The highest BCUT2D eigenvalue weighted by atomic mass is 32.2. The molecule has 1 aliphatic carbocycles. The average molecular weight is 274 g/mol. The molecule has 0 spiro atoms. The lowest BCUT2D eigenvalue weighted by Crippen LogP contribution is -2.57. The number of carbonyl (C=O) groups excluding carboxylic acids is 1. The van der Waals surface area contributed by atoms with Crippen molar-refractivity contribution >= 4 is 15.7 Å². The number of piperidine rings is 1. The molecule has 0 aromatic carbocycles. The highest BCUT2D eigenvalue weighted by Gasteiger charge is 2.48. The van der Waals surface area contributed by atoms with Crippen molar-refractivity contribution in [3.8, 4) is 0 Å². The van der Waals surface area contributed by atoms with Crippen molar-refractivity contribution in [3.05, 3.63) is 0 Å². The number of rotatable bonds is 4. The molecule has 0 aromatic rings. The van der Waals surface area contributed by atoms with Gasteiger partial charge in [-0.05, 0) is 44.7 Å². The van der Waals surface area contributed by atoms with Crippen LogP contribution in [-0.4, -0.2) is 45.0 Å². The fraction of sp³-hybridized carbons (Fsp3) is 0.917. The SMILES string of the molecule is CS(=O)(=O)C1(C(=O)NCC2CCC2)CCNCC1. The first-order chi connectivity index (χ1) is 8.46. The molecule has 1 saturated heterocycles. The van der Waals surface area contributed by atoms with E-state index in [1.807, 2.05) is 0 Å². The molecule has 1 saturated carbocycles. The van der Waals surface area contributed by atoms with E-state index in [0.717, 1.165) is 12.8 Å². The Morgan fingerprint density at radius 2 is 1.94 bits per heavy atom. The van der Waals surface area contributed by atoms with E-state index < -0.39 is 14.6 Å². The van der Waals surface area contributed by atoms with Gasteiger partial charge in [0.1, 0.15) is 0 Å². The summed E-state index contributed by atoms with van der Waals surface area (Å²) in [6.07, 6.45) is 5.45. The van der Waals surface area contributed by atoms with Gasteiger partial charge in [0, 0.05) is 12.8 Å². The second kappa shape index (κ2) is 5.17. The van der Waals surface area contributed by atoms with Crippen LogP contribution >= 0.6 is 0 Å². The molecular weight excluding hydrogens is 252 g/mol. The first-order valence-corrected chi connectivity index (χ1v) is 8.53. The van der Waals surface area contributed by atoms with Gasteiger partial charge in [-0.2, -0.15) is 0 Å². The summed E-state index contributed by atoms with van der Waals surface area (Å²) in [5, 5.41) is 5.97. The van der Waals surface area contributed by atoms with E-state index >= 15 is 0 Å². The number of carbonyl (C=O) groups is 1. The van der Waals surface area contributed by atoms with Gasteiger partial charge in [-0.3, -0.25) is 4.79 Å². The van der Waals surface area contributed by atoms with Crippen LogP contribution in [0.1, 0.15) is 32.1 Å². The van der Waals surface area contributed by atoms with Crippen molar-refractivity contribution in [2.24, 2.45) is 5.92 Å². The van der Waals surface area contributed by atoms with Gasteiger partial charge >= 0.3 is 0 Å². The topological polar surface area (TPSA) is 75.3 Å². The third-order valence-corrected chi connectivity index (χ3v) is 6.32. The zero-order valence-corrected chi connectivity index (χ0v) is 11.7. The van der Waals surface area contributed by atoms with Crippen molar-refractivity contribution < 1.29 is 13.2 Å². The van der Waals surface area contributed by atoms with Crippen molar-refractivity contribution in [2.75, 3.05) is 25.9 Å². The van der Waals surface area contributed by atoms with Gasteiger partial charge in [-0.25, -0.2) is 8.42 Å². The summed E-state index contributed by atoms with van der Waals surface area (Å²) < 4.78 is 22.8. The summed E-state index contributed by atoms with van der Waals surface area (Å²) >= 11 is 0. The standard InChI is InChI=1S/C12H22N2O3S/c1-18(16,17)12(5-7-13-8-6-12)11(15)14-9-10-3-2-4-10/h10,13H,2-9H2,1H3,(H,14,15). The summed E-state index contributed by atoms with van der Waals surface area (Å²) in [7, 11) is -3.38. The van der Waals surface area contributed by atoms with Crippen LogP contribution in [0, 0.1) is 5.92 Å². The molecule has 2 aliphatic rings. The maximum absolute atomic E-state index is 12.3. The molecule has 104 valence electrons. The monoisotopic (exact) mass is 274 g/mol. The Hall–Kier alpha value is -0.620. The first-order valence-electron chi connectivity index (χ1n) is 6.64. The van der Waals surface area contributed by atoms with Gasteiger partial charge in [0.2, 0.25) is 5.91 Å². The molecule has 5 nitrogen and oxygen atoms in total. The molecule has 1 heterocycles. The number of amides is 1. The first kappa shape index (κ1) is 13.8. The van der Waals surface area contributed by atoms with Crippen LogP contribution in [0.15, 0.2) is 0 Å². The van der Waals surface area contributed by atoms with Crippen LogP contribution in [0.25, 0.3) is 0 Å². The lowest BCUT2D eigenvalue weighted by Gasteiger charge is -2.35. The molecule has 18 heavy (non-hydrogen) atoms. The van der Waals surface area contributed by atoms with Crippen LogP contribution < -0.4 is 10.6 Å². The normalized spacial score (nSPS) is 24.3. The quantitative estimate of drug-likeness (QED) is 0.761. The number of hydrogen-bond donors (Lipinski definition) is 2. The fourth-order valence-corrected chi connectivity index (χ4v) is 4.05. The average Bonchev–Trinajstić information content (AvgIpc) is 2.26. The van der Waals surface area contributed by atoms with E-state index in [0.29, 0.717) is 38.4 Å². The smallest absolute Gasteiger partial charge is 0.241 e. The maximum Gasteiger partial charge on any atom is 0.241 e. The molecule has 0 bridgehead atoms. The molecule has 0 atom stereocenters. The van der Waals surface area contributed by atoms with Gasteiger partial charge in [0.15, 0.2) is 14.6 Å². The van der Waals surface area contributed by atoms with Crippen LogP contribution in [-0.2, 0) is 14.6 Å². The molecule has 2 fully saturated rings. The van der Waals surface area contributed by atoms with Crippen LogP contribution in [0.5, 0.6) is 0 Å². The number of hydrogen-bond acceptors (Lipinski definition) is 4. The number of nitrogens with one attached hydrogen (secondary N) is 2. The molecular formula is C12H22N2O3S. The molecule has 2 N–H and O–H groups in total. The third kappa shape index (κ3) is 2.54. The minimum atomic E-state index is -3.38. The highest BCUT2D eigenvalue weighted by Crippen LogP contribution is 2.29. The molecule has 0 radical (unpaired) electrons. The summed E-state index contributed by atoms with van der Waals surface area (Å²) in [6, 6.07) is 0.